The van der Waals surface area contributed by atoms with Crippen LogP contribution < -0.4 is 20.3 Å². The van der Waals surface area contributed by atoms with Crippen molar-refractivity contribution in [1.29, 1.82) is 0 Å². The molecule has 41 heavy (non-hydrogen) atoms. The van der Waals surface area contributed by atoms with E-state index in [1.54, 1.807) is 25.7 Å². The molecule has 2 aromatic carbocycles. The van der Waals surface area contributed by atoms with Gasteiger partial charge in [-0.2, -0.15) is 9.35 Å². The molecule has 2 aliphatic rings. The molecule has 1 aromatic heterocycles. The number of anilines is 5. The van der Waals surface area contributed by atoms with Gasteiger partial charge in [0.05, 0.1) is 30.4 Å². The van der Waals surface area contributed by atoms with E-state index in [9.17, 15) is 4.21 Å². The van der Waals surface area contributed by atoms with Gasteiger partial charge < -0.3 is 25.2 Å². The van der Waals surface area contributed by atoms with E-state index in [4.69, 9.17) is 16.3 Å². The summed E-state index contributed by atoms with van der Waals surface area (Å²) in [7, 11) is 1.53. The van der Waals surface area contributed by atoms with Crippen LogP contribution in [0.4, 0.5) is 34.5 Å². The molecule has 10 nitrogen and oxygen atoms in total. The number of para-hydroxylation sites is 1. The lowest BCUT2D eigenvalue weighted by Crippen LogP contribution is -2.52. The first-order chi connectivity index (χ1) is 19.7. The van der Waals surface area contributed by atoms with Gasteiger partial charge in [-0.05, 0) is 44.2 Å². The summed E-state index contributed by atoms with van der Waals surface area (Å²) in [6.07, 6.45) is 7.07. The molecule has 12 heteroatoms. The predicted molar refractivity (Wildman–Crippen MR) is 169 cm³/mol. The average Bonchev–Trinajstić information content (AvgIpc) is 2.96. The first kappa shape index (κ1) is 29.4. The first-order valence-electron chi connectivity index (χ1n) is 13.9. The van der Waals surface area contributed by atoms with E-state index in [1.807, 2.05) is 24.3 Å². The number of benzene rings is 2. The first-order valence-corrected chi connectivity index (χ1v) is 16.6. The second kappa shape index (κ2) is 12.8. The SMILES string of the molecule is COc1cc(N2CCC(N3CCN(C)CC3)CC2)ccc1Nc1ncc(Cl)c(Nc2ccccc2N=S(C)(C)=O)n1. The molecule has 0 saturated carbocycles. The molecular formula is C29H39ClN8O2S. The van der Waals surface area contributed by atoms with Gasteiger partial charge in [0.2, 0.25) is 5.95 Å². The summed E-state index contributed by atoms with van der Waals surface area (Å²) < 4.78 is 22.4. The molecule has 0 radical (unpaired) electrons. The van der Waals surface area contributed by atoms with E-state index in [0.717, 1.165) is 37.6 Å². The van der Waals surface area contributed by atoms with Crippen LogP contribution in [0.2, 0.25) is 5.02 Å². The highest BCUT2D eigenvalue weighted by molar-refractivity contribution is 7.92. The van der Waals surface area contributed by atoms with Crippen LogP contribution in [0.1, 0.15) is 12.8 Å². The Morgan fingerprint density at radius 1 is 1.00 bits per heavy atom. The predicted octanol–water partition coefficient (Wildman–Crippen LogP) is 5.20. The number of ether oxygens (including phenoxy) is 1. The Kier molecular flexibility index (Phi) is 9.18. The van der Waals surface area contributed by atoms with Gasteiger partial charge in [-0.1, -0.05) is 23.7 Å². The molecular weight excluding hydrogens is 560 g/mol. The number of nitrogens with zero attached hydrogens (tertiary/aromatic N) is 6. The Morgan fingerprint density at radius 3 is 2.44 bits per heavy atom. The van der Waals surface area contributed by atoms with E-state index < -0.39 is 9.73 Å². The summed E-state index contributed by atoms with van der Waals surface area (Å²) in [5.41, 5.74) is 3.11. The summed E-state index contributed by atoms with van der Waals surface area (Å²) >= 11 is 6.43. The highest BCUT2D eigenvalue weighted by Gasteiger charge is 2.27. The van der Waals surface area contributed by atoms with Crippen LogP contribution in [0.25, 0.3) is 0 Å². The number of piperazine rings is 1. The number of halogens is 1. The van der Waals surface area contributed by atoms with Crippen molar-refractivity contribution in [3.05, 3.63) is 53.7 Å². The van der Waals surface area contributed by atoms with Gasteiger partial charge in [0.25, 0.3) is 0 Å². The van der Waals surface area contributed by atoms with Gasteiger partial charge >= 0.3 is 0 Å². The number of rotatable bonds is 8. The van der Waals surface area contributed by atoms with E-state index in [1.165, 1.54) is 32.1 Å². The molecule has 0 bridgehead atoms. The Hall–Kier alpha value is -3.12. The zero-order valence-electron chi connectivity index (χ0n) is 24.1. The molecule has 3 heterocycles. The Morgan fingerprint density at radius 2 is 1.73 bits per heavy atom. The number of piperidine rings is 1. The monoisotopic (exact) mass is 598 g/mol. The fourth-order valence-electron chi connectivity index (χ4n) is 5.31. The lowest BCUT2D eigenvalue weighted by Gasteiger charge is -2.42. The fraction of sp³-hybridized carbons (Fsp3) is 0.448. The molecule has 0 unspecified atom stereocenters. The van der Waals surface area contributed by atoms with Crippen molar-refractivity contribution in [3.63, 3.8) is 0 Å². The van der Waals surface area contributed by atoms with E-state index in [0.29, 0.717) is 40.0 Å². The zero-order valence-corrected chi connectivity index (χ0v) is 25.7. The number of likely N-dealkylation sites (N-methyl/N-ethyl adjacent to an activating group) is 1. The third-order valence-corrected chi connectivity index (χ3v) is 8.45. The van der Waals surface area contributed by atoms with Gasteiger partial charge in [0, 0.05) is 79.3 Å². The Labute approximate surface area is 248 Å². The lowest BCUT2D eigenvalue weighted by molar-refractivity contribution is 0.0982. The maximum absolute atomic E-state index is 12.3. The maximum atomic E-state index is 12.3. The largest absolute Gasteiger partial charge is 0.494 e. The van der Waals surface area contributed by atoms with Crippen LogP contribution in [0.3, 0.4) is 0 Å². The second-order valence-electron chi connectivity index (χ2n) is 10.9. The summed E-state index contributed by atoms with van der Waals surface area (Å²) in [4.78, 5) is 16.5. The van der Waals surface area contributed by atoms with Crippen molar-refractivity contribution in [1.82, 2.24) is 19.8 Å². The number of aromatic nitrogens is 2. The molecule has 0 spiro atoms. The molecule has 3 aromatic rings. The van der Waals surface area contributed by atoms with Crippen LogP contribution in [-0.2, 0) is 9.73 Å². The van der Waals surface area contributed by atoms with Crippen LogP contribution in [-0.4, -0.2) is 96.0 Å². The van der Waals surface area contributed by atoms with E-state index in [2.05, 4.69) is 58.8 Å². The van der Waals surface area contributed by atoms with Crippen molar-refractivity contribution in [3.8, 4) is 5.75 Å². The zero-order chi connectivity index (χ0) is 29.0. The maximum Gasteiger partial charge on any atom is 0.229 e. The van der Waals surface area contributed by atoms with Gasteiger partial charge in [0.1, 0.15) is 10.8 Å². The standard InChI is InChI=1S/C29H39ClN8O2S/c1-36-15-17-38(18-16-36)21-11-13-37(14-12-21)22-9-10-26(27(19-22)40-2)33-29-31-20-23(30)28(34-29)32-24-7-5-6-8-25(24)35-41(3,4)39/h5-10,19-21H,11-18H2,1-4H3,(H2,31,32,33,34). The molecule has 0 aliphatic carbocycles. The van der Waals surface area contributed by atoms with Crippen LogP contribution in [0.15, 0.2) is 53.0 Å². The van der Waals surface area contributed by atoms with Crippen LogP contribution in [0.5, 0.6) is 5.75 Å². The molecule has 2 saturated heterocycles. The van der Waals surface area contributed by atoms with Gasteiger partial charge in [-0.3, -0.25) is 4.90 Å². The number of hydrogen-bond acceptors (Lipinski definition) is 10. The minimum atomic E-state index is -2.34. The van der Waals surface area contributed by atoms with E-state index >= 15 is 0 Å². The molecule has 2 fully saturated rings. The van der Waals surface area contributed by atoms with Crippen molar-refractivity contribution < 1.29 is 8.95 Å². The van der Waals surface area contributed by atoms with Crippen molar-refractivity contribution in [2.24, 2.45) is 4.36 Å². The smallest absolute Gasteiger partial charge is 0.229 e. The summed E-state index contributed by atoms with van der Waals surface area (Å²) in [5.74, 6) is 1.48. The summed E-state index contributed by atoms with van der Waals surface area (Å²) in [5, 5.41) is 6.83. The fourth-order valence-corrected chi connectivity index (χ4v) is 6.09. The summed E-state index contributed by atoms with van der Waals surface area (Å²) in [6, 6.07) is 14.2. The summed E-state index contributed by atoms with van der Waals surface area (Å²) in [6.45, 7) is 6.71. The third kappa shape index (κ3) is 7.59. The van der Waals surface area contributed by atoms with Crippen LogP contribution >= 0.6 is 11.6 Å². The van der Waals surface area contributed by atoms with E-state index in [-0.39, 0.29) is 0 Å². The molecule has 2 aliphatic heterocycles. The lowest BCUT2D eigenvalue weighted by atomic mass is 10.0. The topological polar surface area (TPSA) is 98.2 Å². The van der Waals surface area contributed by atoms with Gasteiger partial charge in [0.15, 0.2) is 5.82 Å². The second-order valence-corrected chi connectivity index (χ2v) is 13.8. The normalized spacial score (nSPS) is 17.3. The highest BCUT2D eigenvalue weighted by Crippen LogP contribution is 2.35. The minimum absolute atomic E-state index is 0.348. The van der Waals surface area contributed by atoms with Gasteiger partial charge in [-0.15, -0.1) is 0 Å². The number of nitrogens with one attached hydrogen (secondary N) is 2. The Bertz CT molecular complexity index is 1470. The highest BCUT2D eigenvalue weighted by atomic mass is 35.5. The molecule has 2 N–H and O–H groups in total. The Balaban J connectivity index is 1.27. The van der Waals surface area contributed by atoms with Crippen molar-refractivity contribution in [2.75, 3.05) is 81.5 Å². The molecule has 0 amide bonds. The number of methoxy groups -OCH3 is 1. The van der Waals surface area contributed by atoms with Crippen molar-refractivity contribution in [2.45, 2.75) is 18.9 Å². The average molecular weight is 599 g/mol. The molecule has 220 valence electrons. The number of hydrogen-bond donors (Lipinski definition) is 2. The molecule has 0 atom stereocenters. The van der Waals surface area contributed by atoms with Crippen LogP contribution in [0, 0.1) is 0 Å². The van der Waals surface area contributed by atoms with Gasteiger partial charge in [-0.25, -0.2) is 9.19 Å². The quantitative estimate of drug-likeness (QED) is 0.362. The minimum Gasteiger partial charge on any atom is -0.494 e. The third-order valence-electron chi connectivity index (χ3n) is 7.53. The van der Waals surface area contributed by atoms with Crippen molar-refractivity contribution >= 4 is 55.8 Å². The molecule has 5 rings (SSSR count).